The van der Waals surface area contributed by atoms with Gasteiger partial charge in [-0.15, -0.1) is 0 Å². The first-order chi connectivity index (χ1) is 16.5. The van der Waals surface area contributed by atoms with E-state index in [9.17, 15) is 9.59 Å². The van der Waals surface area contributed by atoms with E-state index in [2.05, 4.69) is 10.3 Å². The number of nitrogens with one attached hydrogen (secondary N) is 1. The molecule has 0 unspecified atom stereocenters. The van der Waals surface area contributed by atoms with Gasteiger partial charge in [0.1, 0.15) is 5.75 Å². The van der Waals surface area contributed by atoms with Gasteiger partial charge in [0.25, 0.3) is 11.5 Å². The Morgan fingerprint density at radius 3 is 2.44 bits per heavy atom. The van der Waals surface area contributed by atoms with Crippen molar-refractivity contribution in [3.63, 3.8) is 0 Å². The maximum atomic E-state index is 13.6. The molecule has 2 aromatic carbocycles. The predicted octanol–water partition coefficient (Wildman–Crippen LogP) is 3.56. The number of ether oxygens (including phenoxy) is 1. The molecule has 7 heteroatoms. The fourth-order valence-corrected chi connectivity index (χ4v) is 4.12. The number of nitrogens with zero attached hydrogens (tertiary/aromatic N) is 3. The molecule has 34 heavy (non-hydrogen) atoms. The van der Waals surface area contributed by atoms with Gasteiger partial charge in [0.05, 0.1) is 7.11 Å². The SMILES string of the molecule is COc1ccc2c(=O)n(CCNC(=O)c3ccncc3)c(CN(C)C)c(-c3ccccc3)c2c1. The molecular weight excluding hydrogens is 428 g/mol. The van der Waals surface area contributed by atoms with Gasteiger partial charge in [-0.3, -0.25) is 14.6 Å². The molecule has 4 aromatic rings. The van der Waals surface area contributed by atoms with Crippen LogP contribution in [0.2, 0.25) is 0 Å². The average Bonchev–Trinajstić information content (AvgIpc) is 2.86. The van der Waals surface area contributed by atoms with Gasteiger partial charge in [0.2, 0.25) is 0 Å². The zero-order valence-corrected chi connectivity index (χ0v) is 19.6. The van der Waals surface area contributed by atoms with Crippen molar-refractivity contribution in [3.05, 3.63) is 94.7 Å². The average molecular weight is 457 g/mol. The molecule has 0 aliphatic carbocycles. The van der Waals surface area contributed by atoms with Crippen LogP contribution in [-0.2, 0) is 13.1 Å². The van der Waals surface area contributed by atoms with Crippen molar-refractivity contribution in [2.45, 2.75) is 13.1 Å². The maximum Gasteiger partial charge on any atom is 0.258 e. The molecule has 0 aliphatic heterocycles. The number of hydrogen-bond acceptors (Lipinski definition) is 5. The Hall–Kier alpha value is -3.97. The van der Waals surface area contributed by atoms with Gasteiger partial charge in [-0.2, -0.15) is 0 Å². The molecule has 1 amide bonds. The minimum atomic E-state index is -0.196. The van der Waals surface area contributed by atoms with Crippen molar-refractivity contribution in [1.29, 1.82) is 0 Å². The number of carbonyl (C=O) groups excluding carboxylic acids is 1. The number of amides is 1. The summed E-state index contributed by atoms with van der Waals surface area (Å²) in [6, 6.07) is 18.9. The first kappa shape index (κ1) is 23.2. The lowest BCUT2D eigenvalue weighted by Gasteiger charge is -2.23. The molecule has 0 aliphatic rings. The first-order valence-electron chi connectivity index (χ1n) is 11.1. The van der Waals surface area contributed by atoms with E-state index in [1.807, 2.05) is 61.5 Å². The predicted molar refractivity (Wildman–Crippen MR) is 134 cm³/mol. The summed E-state index contributed by atoms with van der Waals surface area (Å²) < 4.78 is 7.25. The fourth-order valence-electron chi connectivity index (χ4n) is 4.12. The molecule has 0 atom stereocenters. The van der Waals surface area contributed by atoms with Crippen LogP contribution >= 0.6 is 0 Å². The number of methoxy groups -OCH3 is 1. The summed E-state index contributed by atoms with van der Waals surface area (Å²) in [5.74, 6) is 0.501. The number of benzene rings is 2. The molecule has 0 bridgehead atoms. The van der Waals surface area contributed by atoms with Crippen LogP contribution in [0.15, 0.2) is 77.9 Å². The zero-order valence-electron chi connectivity index (χ0n) is 19.6. The molecule has 4 rings (SSSR count). The van der Waals surface area contributed by atoms with Gasteiger partial charge < -0.3 is 19.5 Å². The number of rotatable bonds is 8. The lowest BCUT2D eigenvalue weighted by molar-refractivity contribution is 0.0952. The smallest absolute Gasteiger partial charge is 0.258 e. The third-order valence-electron chi connectivity index (χ3n) is 5.68. The van der Waals surface area contributed by atoms with E-state index in [4.69, 9.17) is 4.74 Å². The second-order valence-corrected chi connectivity index (χ2v) is 8.29. The minimum Gasteiger partial charge on any atom is -0.497 e. The monoisotopic (exact) mass is 456 g/mol. The second-order valence-electron chi connectivity index (χ2n) is 8.29. The van der Waals surface area contributed by atoms with Gasteiger partial charge in [-0.25, -0.2) is 0 Å². The molecule has 2 aromatic heterocycles. The van der Waals surface area contributed by atoms with Crippen molar-refractivity contribution in [2.24, 2.45) is 0 Å². The highest BCUT2D eigenvalue weighted by Crippen LogP contribution is 2.33. The summed E-state index contributed by atoms with van der Waals surface area (Å²) >= 11 is 0. The molecule has 174 valence electrons. The largest absolute Gasteiger partial charge is 0.497 e. The van der Waals surface area contributed by atoms with Gasteiger partial charge in [0.15, 0.2) is 0 Å². The molecule has 0 fully saturated rings. The quantitative estimate of drug-likeness (QED) is 0.439. The number of fused-ring (bicyclic) bond motifs is 1. The molecule has 1 N–H and O–H groups in total. The Balaban J connectivity index is 1.82. The Morgan fingerprint density at radius 2 is 1.76 bits per heavy atom. The summed E-state index contributed by atoms with van der Waals surface area (Å²) in [4.78, 5) is 32.1. The van der Waals surface area contributed by atoms with E-state index in [1.54, 1.807) is 42.3 Å². The van der Waals surface area contributed by atoms with Crippen LogP contribution in [0.5, 0.6) is 5.75 Å². The van der Waals surface area contributed by atoms with Gasteiger partial charge in [0, 0.05) is 59.6 Å². The molecule has 0 saturated heterocycles. The van der Waals surface area contributed by atoms with E-state index < -0.39 is 0 Å². The molecule has 7 nitrogen and oxygen atoms in total. The first-order valence-corrected chi connectivity index (χ1v) is 11.1. The highest BCUT2D eigenvalue weighted by atomic mass is 16.5. The summed E-state index contributed by atoms with van der Waals surface area (Å²) in [7, 11) is 5.58. The van der Waals surface area contributed by atoms with E-state index in [1.165, 1.54) is 0 Å². The van der Waals surface area contributed by atoms with Crippen molar-refractivity contribution in [1.82, 2.24) is 19.8 Å². The third-order valence-corrected chi connectivity index (χ3v) is 5.68. The van der Waals surface area contributed by atoms with Crippen molar-refractivity contribution >= 4 is 16.7 Å². The minimum absolute atomic E-state index is 0.0904. The van der Waals surface area contributed by atoms with Crippen molar-refractivity contribution < 1.29 is 9.53 Å². The standard InChI is InChI=1S/C27H28N4O3/c1-30(2)18-24-25(19-7-5-4-6-8-19)23-17-21(34-3)9-10-22(23)27(33)31(24)16-15-29-26(32)20-11-13-28-14-12-20/h4-14,17H,15-16,18H2,1-3H3,(H,29,32). The number of carbonyl (C=O) groups is 1. The number of pyridine rings is 2. The van der Waals surface area contributed by atoms with Crippen LogP contribution in [0.3, 0.4) is 0 Å². The number of hydrogen-bond donors (Lipinski definition) is 1. The topological polar surface area (TPSA) is 76.5 Å². The van der Waals surface area contributed by atoms with E-state index in [0.717, 1.165) is 22.2 Å². The third kappa shape index (κ3) is 4.84. The second kappa shape index (κ2) is 10.3. The van der Waals surface area contributed by atoms with Crippen LogP contribution < -0.4 is 15.6 Å². The summed E-state index contributed by atoms with van der Waals surface area (Å²) in [6.45, 7) is 1.23. The Labute approximate surface area is 198 Å². The lowest BCUT2D eigenvalue weighted by Crippen LogP contribution is -2.34. The number of aromatic nitrogens is 2. The van der Waals surface area contributed by atoms with E-state index >= 15 is 0 Å². The summed E-state index contributed by atoms with van der Waals surface area (Å²) in [5.41, 5.74) is 3.34. The molecule has 0 spiro atoms. The van der Waals surface area contributed by atoms with Crippen LogP contribution in [-0.4, -0.2) is 48.1 Å². The van der Waals surface area contributed by atoms with Crippen LogP contribution in [0, 0.1) is 0 Å². The summed E-state index contributed by atoms with van der Waals surface area (Å²) in [5, 5.41) is 4.39. The normalized spacial score (nSPS) is 11.1. The Kier molecular flexibility index (Phi) is 7.04. The Bertz CT molecular complexity index is 1350. The van der Waals surface area contributed by atoms with E-state index in [-0.39, 0.29) is 11.5 Å². The van der Waals surface area contributed by atoms with Gasteiger partial charge in [-0.05, 0) is 50.0 Å². The van der Waals surface area contributed by atoms with Gasteiger partial charge >= 0.3 is 0 Å². The molecule has 0 saturated carbocycles. The fraction of sp³-hybridized carbons (Fsp3) is 0.222. The lowest BCUT2D eigenvalue weighted by atomic mass is 9.96. The van der Waals surface area contributed by atoms with Crippen molar-refractivity contribution in [3.8, 4) is 16.9 Å². The van der Waals surface area contributed by atoms with Gasteiger partial charge in [-0.1, -0.05) is 30.3 Å². The highest BCUT2D eigenvalue weighted by molar-refractivity contribution is 5.98. The Morgan fingerprint density at radius 1 is 1.03 bits per heavy atom. The maximum absolute atomic E-state index is 13.6. The molecular formula is C27H28N4O3. The van der Waals surface area contributed by atoms with Crippen LogP contribution in [0.25, 0.3) is 21.9 Å². The van der Waals surface area contributed by atoms with Crippen LogP contribution in [0.1, 0.15) is 16.1 Å². The van der Waals surface area contributed by atoms with Crippen molar-refractivity contribution in [2.75, 3.05) is 27.7 Å². The highest BCUT2D eigenvalue weighted by Gasteiger charge is 2.19. The van der Waals surface area contributed by atoms with Crippen LogP contribution in [0.4, 0.5) is 0 Å². The summed E-state index contributed by atoms with van der Waals surface area (Å²) in [6.07, 6.45) is 3.16. The van der Waals surface area contributed by atoms with E-state index in [0.29, 0.717) is 36.3 Å². The zero-order chi connectivity index (χ0) is 24.1. The molecule has 0 radical (unpaired) electrons. The molecule has 2 heterocycles.